The number of hydrogen-bond donors (Lipinski definition) is 1. The van der Waals surface area contributed by atoms with E-state index in [0.717, 1.165) is 63.9 Å². The molecule has 1 N–H and O–H groups in total. The van der Waals surface area contributed by atoms with Crippen molar-refractivity contribution >= 4 is 33.9 Å². The van der Waals surface area contributed by atoms with Crippen LogP contribution < -0.4 is 5.32 Å². The Morgan fingerprint density at radius 1 is 1.03 bits per heavy atom. The molecule has 6 nitrogen and oxygen atoms in total. The Kier molecular flexibility index (Phi) is 6.47. The number of carbonyl (C=O) groups is 2. The summed E-state index contributed by atoms with van der Waals surface area (Å²) >= 11 is 1.67. The van der Waals surface area contributed by atoms with E-state index in [4.69, 9.17) is 4.98 Å². The quantitative estimate of drug-likeness (QED) is 0.347. The lowest BCUT2D eigenvalue weighted by atomic mass is 10.0. The second kappa shape index (κ2) is 10.1. The minimum Gasteiger partial charge on any atom is -0.349 e. The summed E-state index contributed by atoms with van der Waals surface area (Å²) in [4.78, 5) is 39.2. The van der Waals surface area contributed by atoms with Gasteiger partial charge in [-0.2, -0.15) is 0 Å². The maximum atomic E-state index is 14.0. The number of carbonyl (C=O) groups excluding carboxylic acids is 2. The molecule has 37 heavy (non-hydrogen) atoms. The zero-order valence-electron chi connectivity index (χ0n) is 20.9. The predicted octanol–water partition coefficient (Wildman–Crippen LogP) is 5.97. The van der Waals surface area contributed by atoms with Gasteiger partial charge in [0, 0.05) is 36.6 Å². The third kappa shape index (κ3) is 4.88. The van der Waals surface area contributed by atoms with Gasteiger partial charge in [0.25, 0.3) is 11.8 Å². The van der Waals surface area contributed by atoms with E-state index in [0.29, 0.717) is 30.4 Å². The first-order chi connectivity index (χ1) is 18.1. The molecule has 2 fully saturated rings. The smallest absolute Gasteiger partial charge is 0.274 e. The van der Waals surface area contributed by atoms with E-state index in [-0.39, 0.29) is 17.9 Å². The van der Waals surface area contributed by atoms with Crippen molar-refractivity contribution in [2.45, 2.75) is 51.0 Å². The Hall–Kier alpha value is -3.58. The topological polar surface area (TPSA) is 75.2 Å². The second-order valence-corrected chi connectivity index (χ2v) is 11.1. The number of rotatable bonds is 6. The van der Waals surface area contributed by atoms with Gasteiger partial charge in [0.2, 0.25) is 0 Å². The summed E-state index contributed by atoms with van der Waals surface area (Å²) in [5, 5.41) is 5.96. The fraction of sp³-hybridized carbons (Fsp3) is 0.333. The van der Waals surface area contributed by atoms with Gasteiger partial charge in [-0.05, 0) is 56.0 Å². The van der Waals surface area contributed by atoms with Crippen molar-refractivity contribution in [1.29, 1.82) is 0 Å². The second-order valence-electron chi connectivity index (χ2n) is 10.1. The first-order valence-electron chi connectivity index (χ1n) is 13.1. The lowest BCUT2D eigenvalue weighted by Gasteiger charge is -2.35. The van der Waals surface area contributed by atoms with E-state index >= 15 is 0 Å². The highest BCUT2D eigenvalue weighted by Gasteiger charge is 2.34. The number of thiazole rings is 1. The number of pyridine rings is 1. The van der Waals surface area contributed by atoms with Crippen LogP contribution in [0.25, 0.3) is 21.2 Å². The van der Waals surface area contributed by atoms with Crippen molar-refractivity contribution in [2.24, 2.45) is 0 Å². The number of hydrogen-bond acceptors (Lipinski definition) is 5. The molecule has 1 saturated carbocycles. The molecule has 1 aliphatic heterocycles. The van der Waals surface area contributed by atoms with Crippen molar-refractivity contribution in [3.05, 3.63) is 82.8 Å². The van der Waals surface area contributed by atoms with Gasteiger partial charge in [-0.15, -0.1) is 11.3 Å². The minimum absolute atomic E-state index is 0.0260. The van der Waals surface area contributed by atoms with Crippen LogP contribution in [0, 0.1) is 6.92 Å². The zero-order chi connectivity index (χ0) is 25.4. The molecular formula is C30H30N4O2S. The monoisotopic (exact) mass is 510 g/mol. The van der Waals surface area contributed by atoms with Crippen LogP contribution in [0.15, 0.2) is 60.8 Å². The van der Waals surface area contributed by atoms with Crippen molar-refractivity contribution in [1.82, 2.24) is 20.2 Å². The average molecular weight is 511 g/mol. The molecule has 2 aromatic carbocycles. The number of benzene rings is 2. The molecule has 3 heterocycles. The van der Waals surface area contributed by atoms with Gasteiger partial charge in [0.1, 0.15) is 11.4 Å². The lowest BCUT2D eigenvalue weighted by Crippen LogP contribution is -2.49. The van der Waals surface area contributed by atoms with Gasteiger partial charge in [0.15, 0.2) is 0 Å². The summed E-state index contributed by atoms with van der Waals surface area (Å²) in [6.45, 7) is 3.15. The number of amides is 2. The van der Waals surface area contributed by atoms with Crippen LogP contribution in [0.4, 0.5) is 0 Å². The first kappa shape index (κ1) is 23.8. The van der Waals surface area contributed by atoms with Gasteiger partial charge in [0.05, 0.1) is 9.88 Å². The van der Waals surface area contributed by atoms with Crippen LogP contribution in [0.3, 0.4) is 0 Å². The molecule has 2 aromatic heterocycles. The molecule has 0 spiro atoms. The predicted molar refractivity (Wildman–Crippen MR) is 147 cm³/mol. The molecular weight excluding hydrogens is 480 g/mol. The molecule has 0 radical (unpaired) electrons. The Balaban J connectivity index is 1.24. The van der Waals surface area contributed by atoms with Crippen molar-refractivity contribution in [2.75, 3.05) is 13.1 Å². The van der Waals surface area contributed by atoms with Crippen molar-refractivity contribution in [3.63, 3.8) is 0 Å². The molecule has 6 rings (SSSR count). The zero-order valence-corrected chi connectivity index (χ0v) is 21.8. The van der Waals surface area contributed by atoms with E-state index in [1.54, 1.807) is 17.5 Å². The maximum absolute atomic E-state index is 14.0. The van der Waals surface area contributed by atoms with Gasteiger partial charge >= 0.3 is 0 Å². The maximum Gasteiger partial charge on any atom is 0.274 e. The van der Waals surface area contributed by atoms with Gasteiger partial charge in [-0.25, -0.2) is 4.98 Å². The number of nitrogens with zero attached hydrogens (tertiary/aromatic N) is 3. The number of likely N-dealkylation sites (tertiary alicyclic amines) is 1. The highest BCUT2D eigenvalue weighted by atomic mass is 32.1. The molecule has 1 saturated heterocycles. The molecule has 188 valence electrons. The summed E-state index contributed by atoms with van der Waals surface area (Å²) < 4.78 is 0. The Labute approximate surface area is 220 Å². The van der Waals surface area contributed by atoms with Gasteiger partial charge in [-0.1, -0.05) is 54.1 Å². The Morgan fingerprint density at radius 3 is 2.73 bits per heavy atom. The molecule has 0 unspecified atom stereocenters. The summed E-state index contributed by atoms with van der Waals surface area (Å²) in [5.74, 6) is 0.251. The van der Waals surface area contributed by atoms with Crippen molar-refractivity contribution in [3.8, 4) is 10.4 Å². The summed E-state index contributed by atoms with van der Waals surface area (Å²) in [7, 11) is 0. The number of aryl methyl sites for hydroxylation is 1. The summed E-state index contributed by atoms with van der Waals surface area (Å²) in [6, 6.07) is 17.9. The fourth-order valence-electron chi connectivity index (χ4n) is 5.18. The molecule has 2 amide bonds. The molecule has 1 atom stereocenters. The van der Waals surface area contributed by atoms with E-state index in [2.05, 4.69) is 35.4 Å². The summed E-state index contributed by atoms with van der Waals surface area (Å²) in [6.07, 6.45) is 6.81. The largest absolute Gasteiger partial charge is 0.349 e. The molecule has 2 aliphatic rings. The fourth-order valence-corrected chi connectivity index (χ4v) is 6.40. The van der Waals surface area contributed by atoms with E-state index in [1.165, 1.54) is 0 Å². The number of piperidine rings is 1. The summed E-state index contributed by atoms with van der Waals surface area (Å²) in [5.41, 5.74) is 3.20. The third-order valence-electron chi connectivity index (χ3n) is 7.33. The Bertz CT molecular complexity index is 1470. The van der Waals surface area contributed by atoms with Gasteiger partial charge in [-0.3, -0.25) is 14.6 Å². The van der Waals surface area contributed by atoms with E-state index < -0.39 is 0 Å². The van der Waals surface area contributed by atoms with Crippen LogP contribution >= 0.6 is 11.3 Å². The average Bonchev–Trinajstić information content (AvgIpc) is 3.69. The molecule has 0 bridgehead atoms. The number of fused-ring (bicyclic) bond motifs is 1. The minimum atomic E-state index is -0.208. The number of aromatic nitrogens is 2. The number of nitrogens with one attached hydrogen (secondary N) is 1. The third-order valence-corrected chi connectivity index (χ3v) is 8.60. The first-order valence-corrected chi connectivity index (χ1v) is 13.9. The van der Waals surface area contributed by atoms with Crippen LogP contribution in [0.1, 0.15) is 69.6 Å². The van der Waals surface area contributed by atoms with Crippen LogP contribution in [0.2, 0.25) is 0 Å². The van der Waals surface area contributed by atoms with E-state index in [9.17, 15) is 9.59 Å². The van der Waals surface area contributed by atoms with Crippen LogP contribution in [0.5, 0.6) is 0 Å². The molecule has 1 aliphatic carbocycles. The Morgan fingerprint density at radius 2 is 1.89 bits per heavy atom. The highest BCUT2D eigenvalue weighted by Crippen LogP contribution is 2.45. The van der Waals surface area contributed by atoms with E-state index in [1.807, 2.05) is 41.3 Å². The molecule has 7 heteroatoms. The van der Waals surface area contributed by atoms with Crippen molar-refractivity contribution < 1.29 is 9.59 Å². The standard InChI is InChI=1S/C30H30N4O2S/c1-19-7-6-9-22(17-19)27-26(33-29(37-27)21-12-13-21)30(36)34-16-5-4-10-23(34)18-32-28(35)25-24-11-3-2-8-20(24)14-15-31-25/h2-3,6-9,11,14-15,17,21,23H,4-5,10,12-13,16,18H2,1H3,(H,32,35)/t23-/m0/s1. The lowest BCUT2D eigenvalue weighted by molar-refractivity contribution is 0.0598. The van der Waals surface area contributed by atoms with Crippen LogP contribution in [-0.2, 0) is 0 Å². The highest BCUT2D eigenvalue weighted by molar-refractivity contribution is 7.15. The SMILES string of the molecule is Cc1cccc(-c2sc(C3CC3)nc2C(=O)N2CCCC[C@H]2CNC(=O)c2nccc3ccccc23)c1. The van der Waals surface area contributed by atoms with Crippen LogP contribution in [-0.4, -0.2) is 45.8 Å². The van der Waals surface area contributed by atoms with Gasteiger partial charge < -0.3 is 10.2 Å². The normalized spacial score (nSPS) is 17.6. The molecule has 4 aromatic rings.